The minimum Gasteiger partial charge on any atom is -0.497 e. The average molecular weight is 376 g/mol. The lowest BCUT2D eigenvalue weighted by Crippen LogP contribution is -2.14. The van der Waals surface area contributed by atoms with Gasteiger partial charge in [0.2, 0.25) is 5.95 Å². The van der Waals surface area contributed by atoms with Crippen molar-refractivity contribution in [1.82, 2.24) is 9.97 Å². The van der Waals surface area contributed by atoms with Gasteiger partial charge in [-0.1, -0.05) is 36.4 Å². The zero-order valence-electron chi connectivity index (χ0n) is 15.9. The van der Waals surface area contributed by atoms with E-state index in [2.05, 4.69) is 27.2 Å². The van der Waals surface area contributed by atoms with E-state index in [1.807, 2.05) is 60.7 Å². The van der Waals surface area contributed by atoms with Crippen molar-refractivity contribution in [1.29, 1.82) is 0 Å². The van der Waals surface area contributed by atoms with E-state index in [4.69, 9.17) is 9.47 Å². The molecule has 1 aromatic heterocycles. The smallest absolute Gasteiger partial charge is 0.225 e. The quantitative estimate of drug-likeness (QED) is 0.407. The van der Waals surface area contributed by atoms with Crippen molar-refractivity contribution in [3.05, 3.63) is 73.3 Å². The summed E-state index contributed by atoms with van der Waals surface area (Å²) in [5, 5.41) is 6.45. The lowest BCUT2D eigenvalue weighted by molar-refractivity contribution is 0.331. The summed E-state index contributed by atoms with van der Waals surface area (Å²) in [6.45, 7) is 5.42. The molecule has 0 unspecified atom stereocenters. The largest absolute Gasteiger partial charge is 0.497 e. The summed E-state index contributed by atoms with van der Waals surface area (Å²) in [5.41, 5.74) is 1.88. The van der Waals surface area contributed by atoms with Crippen molar-refractivity contribution in [3.63, 3.8) is 0 Å². The van der Waals surface area contributed by atoms with E-state index in [1.54, 1.807) is 13.2 Å². The Hall–Kier alpha value is -3.54. The minimum absolute atomic E-state index is 0.487. The van der Waals surface area contributed by atoms with Gasteiger partial charge in [-0.3, -0.25) is 0 Å². The average Bonchev–Trinajstić information content (AvgIpc) is 2.76. The van der Waals surface area contributed by atoms with Crippen LogP contribution in [0.1, 0.15) is 0 Å². The lowest BCUT2D eigenvalue weighted by atomic mass is 10.1. The van der Waals surface area contributed by atoms with E-state index in [9.17, 15) is 0 Å². The van der Waals surface area contributed by atoms with Gasteiger partial charge in [-0.2, -0.15) is 4.98 Å². The van der Waals surface area contributed by atoms with Crippen LogP contribution >= 0.6 is 0 Å². The fourth-order valence-corrected chi connectivity index (χ4v) is 2.55. The number of nitrogens with one attached hydrogen (secondary N) is 2. The molecule has 144 valence electrons. The van der Waals surface area contributed by atoms with Crippen LogP contribution in [-0.4, -0.2) is 36.8 Å². The molecule has 3 aromatic rings. The Bertz CT molecular complexity index is 883. The maximum absolute atomic E-state index is 5.73. The third kappa shape index (κ3) is 5.48. The number of anilines is 2. The zero-order valence-corrected chi connectivity index (χ0v) is 15.9. The van der Waals surface area contributed by atoms with Gasteiger partial charge in [0, 0.05) is 18.2 Å². The minimum atomic E-state index is 0.487. The number of benzene rings is 2. The molecule has 28 heavy (non-hydrogen) atoms. The van der Waals surface area contributed by atoms with Crippen LogP contribution in [0, 0.1) is 0 Å². The van der Waals surface area contributed by atoms with Crippen LogP contribution in [0.2, 0.25) is 0 Å². The SMILES string of the molecule is C=CCNc1cc(-c2ccccc2)nc(NCCOc2ccc(OC)cc2)n1. The molecule has 0 saturated heterocycles. The third-order valence-electron chi connectivity index (χ3n) is 3.94. The second kappa shape index (κ2) is 9.97. The highest BCUT2D eigenvalue weighted by Gasteiger charge is 2.06. The van der Waals surface area contributed by atoms with Crippen LogP contribution in [0.3, 0.4) is 0 Å². The molecule has 0 aliphatic carbocycles. The molecule has 0 amide bonds. The third-order valence-corrected chi connectivity index (χ3v) is 3.94. The summed E-state index contributed by atoms with van der Waals surface area (Å²) in [6, 6.07) is 19.4. The predicted octanol–water partition coefficient (Wildman–Crippen LogP) is 4.24. The van der Waals surface area contributed by atoms with Crippen molar-refractivity contribution in [2.24, 2.45) is 0 Å². The summed E-state index contributed by atoms with van der Waals surface area (Å²) in [4.78, 5) is 9.13. The molecule has 6 heteroatoms. The summed E-state index contributed by atoms with van der Waals surface area (Å²) in [5.74, 6) is 2.88. The Kier molecular flexibility index (Phi) is 6.84. The second-order valence-electron chi connectivity index (χ2n) is 5.95. The molecule has 0 fully saturated rings. The van der Waals surface area contributed by atoms with Crippen molar-refractivity contribution >= 4 is 11.8 Å². The molecule has 0 aliphatic rings. The number of hydrogen-bond acceptors (Lipinski definition) is 6. The van der Waals surface area contributed by atoms with Crippen molar-refractivity contribution in [3.8, 4) is 22.8 Å². The highest BCUT2D eigenvalue weighted by atomic mass is 16.5. The number of aromatic nitrogens is 2. The van der Waals surface area contributed by atoms with Gasteiger partial charge in [0.1, 0.15) is 23.9 Å². The molecule has 0 radical (unpaired) electrons. The Morgan fingerprint density at radius 1 is 0.964 bits per heavy atom. The summed E-state index contributed by atoms with van der Waals surface area (Å²) in [6.07, 6.45) is 1.79. The number of nitrogens with zero attached hydrogens (tertiary/aromatic N) is 2. The van der Waals surface area contributed by atoms with Gasteiger partial charge >= 0.3 is 0 Å². The topological polar surface area (TPSA) is 68.3 Å². The number of methoxy groups -OCH3 is 1. The fourth-order valence-electron chi connectivity index (χ4n) is 2.55. The highest BCUT2D eigenvalue weighted by Crippen LogP contribution is 2.21. The van der Waals surface area contributed by atoms with Crippen LogP contribution in [0.25, 0.3) is 11.3 Å². The van der Waals surface area contributed by atoms with Crippen LogP contribution in [0.15, 0.2) is 73.3 Å². The molecular formula is C22H24N4O2. The number of hydrogen-bond donors (Lipinski definition) is 2. The molecule has 0 bridgehead atoms. The molecule has 6 nitrogen and oxygen atoms in total. The second-order valence-corrected chi connectivity index (χ2v) is 5.95. The van der Waals surface area contributed by atoms with Crippen molar-refractivity contribution < 1.29 is 9.47 Å². The first kappa shape index (κ1) is 19.2. The van der Waals surface area contributed by atoms with Crippen molar-refractivity contribution in [2.75, 3.05) is 37.4 Å². The lowest BCUT2D eigenvalue weighted by Gasteiger charge is -2.11. The van der Waals surface area contributed by atoms with Crippen LogP contribution in [0.5, 0.6) is 11.5 Å². The molecule has 2 N–H and O–H groups in total. The van der Waals surface area contributed by atoms with Gasteiger partial charge in [0.05, 0.1) is 19.3 Å². The maximum Gasteiger partial charge on any atom is 0.225 e. The highest BCUT2D eigenvalue weighted by molar-refractivity contribution is 5.64. The summed E-state index contributed by atoms with van der Waals surface area (Å²) in [7, 11) is 1.64. The van der Waals surface area contributed by atoms with Crippen LogP contribution < -0.4 is 20.1 Å². The van der Waals surface area contributed by atoms with Gasteiger partial charge in [0.25, 0.3) is 0 Å². The van der Waals surface area contributed by atoms with E-state index in [0.29, 0.717) is 25.6 Å². The number of ether oxygens (including phenoxy) is 2. The zero-order chi connectivity index (χ0) is 19.6. The van der Waals surface area contributed by atoms with E-state index < -0.39 is 0 Å². The molecular weight excluding hydrogens is 352 g/mol. The number of rotatable bonds is 10. The Morgan fingerprint density at radius 2 is 1.71 bits per heavy atom. The normalized spacial score (nSPS) is 10.2. The molecule has 0 spiro atoms. The molecule has 2 aromatic carbocycles. The van der Waals surface area contributed by atoms with E-state index in [0.717, 1.165) is 28.6 Å². The first-order chi connectivity index (χ1) is 13.8. The van der Waals surface area contributed by atoms with Crippen LogP contribution in [0.4, 0.5) is 11.8 Å². The van der Waals surface area contributed by atoms with Gasteiger partial charge < -0.3 is 20.1 Å². The van der Waals surface area contributed by atoms with Gasteiger partial charge in [-0.25, -0.2) is 4.98 Å². The summed E-state index contributed by atoms with van der Waals surface area (Å²) < 4.78 is 10.9. The molecule has 1 heterocycles. The Balaban J connectivity index is 1.63. The van der Waals surface area contributed by atoms with Gasteiger partial charge in [0.15, 0.2) is 0 Å². The molecule has 3 rings (SSSR count). The predicted molar refractivity (Wildman–Crippen MR) is 113 cm³/mol. The molecule has 0 aliphatic heterocycles. The van der Waals surface area contributed by atoms with E-state index in [-0.39, 0.29) is 0 Å². The van der Waals surface area contributed by atoms with Gasteiger partial charge in [-0.15, -0.1) is 6.58 Å². The first-order valence-corrected chi connectivity index (χ1v) is 9.08. The standard InChI is InChI=1S/C22H24N4O2/c1-3-13-23-21-16-20(17-7-5-4-6-8-17)25-22(26-21)24-14-15-28-19-11-9-18(27-2)10-12-19/h3-12,16H,1,13-15H2,2H3,(H2,23,24,25,26). The maximum atomic E-state index is 5.73. The van der Waals surface area contributed by atoms with E-state index in [1.165, 1.54) is 0 Å². The summed E-state index contributed by atoms with van der Waals surface area (Å²) >= 11 is 0. The Labute approximate surface area is 165 Å². The molecule has 0 atom stereocenters. The first-order valence-electron chi connectivity index (χ1n) is 9.08. The van der Waals surface area contributed by atoms with Gasteiger partial charge in [-0.05, 0) is 24.3 Å². The Morgan fingerprint density at radius 3 is 2.43 bits per heavy atom. The van der Waals surface area contributed by atoms with Crippen molar-refractivity contribution in [2.45, 2.75) is 0 Å². The van der Waals surface area contributed by atoms with Crippen LogP contribution in [-0.2, 0) is 0 Å². The fraction of sp³-hybridized carbons (Fsp3) is 0.182. The van der Waals surface area contributed by atoms with E-state index >= 15 is 0 Å². The molecule has 0 saturated carbocycles. The monoisotopic (exact) mass is 376 g/mol.